The van der Waals surface area contributed by atoms with Crippen LogP contribution in [-0.2, 0) is 4.74 Å². The minimum absolute atomic E-state index is 0.278. The molecule has 0 aliphatic carbocycles. The summed E-state index contributed by atoms with van der Waals surface area (Å²) in [6, 6.07) is 0. The fourth-order valence-corrected chi connectivity index (χ4v) is 4.47. The third-order valence-corrected chi connectivity index (χ3v) is 6.79. The molecular weight excluding hydrogens is 436 g/mol. The van der Waals surface area contributed by atoms with Crippen LogP contribution in [0.5, 0.6) is 0 Å². The van der Waals surface area contributed by atoms with Crippen molar-refractivity contribution in [3.8, 4) is 0 Å². The van der Waals surface area contributed by atoms with Crippen LogP contribution < -0.4 is 10.6 Å². The molecule has 0 aromatic carbocycles. The summed E-state index contributed by atoms with van der Waals surface area (Å²) < 4.78 is 5.49. The Bertz CT molecular complexity index is 351. The second kappa shape index (κ2) is 30.0. The Morgan fingerprint density at radius 3 is 1.06 bits per heavy atom. The number of unbranched alkanes of at least 4 members (excludes halogenated alkanes) is 18. The lowest BCUT2D eigenvalue weighted by Crippen LogP contribution is -2.34. The summed E-state index contributed by atoms with van der Waals surface area (Å²) in [4.78, 5) is 0. The van der Waals surface area contributed by atoms with Crippen LogP contribution >= 0.6 is 0 Å². The third kappa shape index (κ3) is 29.9. The second-order valence-electron chi connectivity index (χ2n) is 10.6. The fourth-order valence-electron chi connectivity index (χ4n) is 4.47. The van der Waals surface area contributed by atoms with Crippen molar-refractivity contribution in [1.82, 2.24) is 10.6 Å². The zero-order chi connectivity index (χ0) is 25.7. The van der Waals surface area contributed by atoms with Crippen LogP contribution in [0.3, 0.4) is 0 Å². The number of aliphatic hydroxyl groups is 2. The predicted octanol–water partition coefficient (Wildman–Crippen LogP) is 6.75. The molecule has 0 aromatic heterocycles. The van der Waals surface area contributed by atoms with Crippen LogP contribution in [0.1, 0.15) is 142 Å². The van der Waals surface area contributed by atoms with Gasteiger partial charge in [0.25, 0.3) is 0 Å². The first kappa shape index (κ1) is 34.8. The van der Waals surface area contributed by atoms with Crippen LogP contribution in [0.2, 0.25) is 0 Å². The minimum atomic E-state index is -0.509. The van der Waals surface area contributed by atoms with Crippen LogP contribution in [0.15, 0.2) is 0 Å². The number of hydrogen-bond acceptors (Lipinski definition) is 5. The van der Waals surface area contributed by atoms with Gasteiger partial charge in [0.05, 0.1) is 25.4 Å². The van der Waals surface area contributed by atoms with E-state index in [2.05, 4.69) is 24.5 Å². The average molecular weight is 501 g/mol. The second-order valence-corrected chi connectivity index (χ2v) is 10.6. The molecule has 0 rings (SSSR count). The van der Waals surface area contributed by atoms with E-state index >= 15 is 0 Å². The molecule has 0 aromatic rings. The zero-order valence-electron chi connectivity index (χ0n) is 23.8. The number of aliphatic hydroxyl groups excluding tert-OH is 2. The van der Waals surface area contributed by atoms with E-state index in [0.717, 1.165) is 13.1 Å². The number of hydrogen-bond donors (Lipinski definition) is 4. The molecule has 5 heteroatoms. The molecule has 0 bridgehead atoms. The van der Waals surface area contributed by atoms with E-state index in [1.165, 1.54) is 128 Å². The first-order chi connectivity index (χ1) is 17.2. The lowest BCUT2D eigenvalue weighted by atomic mass is 10.1. The lowest BCUT2D eigenvalue weighted by Gasteiger charge is -2.15. The normalized spacial score (nSPS) is 13.4. The van der Waals surface area contributed by atoms with Gasteiger partial charge in [-0.1, -0.05) is 129 Å². The van der Waals surface area contributed by atoms with Gasteiger partial charge in [-0.15, -0.1) is 0 Å². The van der Waals surface area contributed by atoms with Crippen LogP contribution in [0.4, 0.5) is 0 Å². The molecule has 0 heterocycles. The molecule has 2 unspecified atom stereocenters. The first-order valence-corrected chi connectivity index (χ1v) is 15.6. The van der Waals surface area contributed by atoms with Gasteiger partial charge in [0.1, 0.15) is 0 Å². The maximum Gasteiger partial charge on any atom is 0.0897 e. The minimum Gasteiger partial charge on any atom is -0.389 e. The highest BCUT2D eigenvalue weighted by molar-refractivity contribution is 4.62. The molecule has 0 fully saturated rings. The number of nitrogens with one attached hydrogen (secondary N) is 2. The summed E-state index contributed by atoms with van der Waals surface area (Å²) in [6.07, 6.45) is 25.9. The van der Waals surface area contributed by atoms with Crippen molar-refractivity contribution in [1.29, 1.82) is 0 Å². The molecule has 5 nitrogen and oxygen atoms in total. The predicted molar refractivity (Wildman–Crippen MR) is 152 cm³/mol. The van der Waals surface area contributed by atoms with E-state index < -0.39 is 12.2 Å². The molecule has 0 radical (unpaired) electrons. The molecule has 212 valence electrons. The van der Waals surface area contributed by atoms with Crippen molar-refractivity contribution in [2.45, 2.75) is 154 Å². The van der Waals surface area contributed by atoms with E-state index in [0.29, 0.717) is 13.1 Å². The Balaban J connectivity index is 3.27. The van der Waals surface area contributed by atoms with Gasteiger partial charge in [0.15, 0.2) is 0 Å². The smallest absolute Gasteiger partial charge is 0.0897 e. The van der Waals surface area contributed by atoms with Crippen molar-refractivity contribution < 1.29 is 14.9 Å². The van der Waals surface area contributed by atoms with E-state index in [1.807, 2.05) is 0 Å². The molecule has 35 heavy (non-hydrogen) atoms. The van der Waals surface area contributed by atoms with Crippen molar-refractivity contribution in [2.75, 3.05) is 39.4 Å². The summed E-state index contributed by atoms with van der Waals surface area (Å²) in [5.74, 6) is 0. The highest BCUT2D eigenvalue weighted by atomic mass is 16.5. The van der Waals surface area contributed by atoms with Gasteiger partial charge in [0.2, 0.25) is 0 Å². The van der Waals surface area contributed by atoms with Crippen LogP contribution in [0.25, 0.3) is 0 Å². The maximum atomic E-state index is 10.0. The Hall–Kier alpha value is -0.200. The average Bonchev–Trinajstić information content (AvgIpc) is 2.85. The van der Waals surface area contributed by atoms with Gasteiger partial charge in [0, 0.05) is 13.1 Å². The van der Waals surface area contributed by atoms with Crippen molar-refractivity contribution in [3.05, 3.63) is 0 Å². The van der Waals surface area contributed by atoms with E-state index in [4.69, 9.17) is 4.74 Å². The van der Waals surface area contributed by atoms with Gasteiger partial charge in [-0.25, -0.2) is 0 Å². The monoisotopic (exact) mass is 500 g/mol. The van der Waals surface area contributed by atoms with Gasteiger partial charge in [-0.05, 0) is 25.9 Å². The zero-order valence-corrected chi connectivity index (χ0v) is 23.8. The van der Waals surface area contributed by atoms with Gasteiger partial charge in [-0.3, -0.25) is 0 Å². The van der Waals surface area contributed by atoms with Crippen molar-refractivity contribution in [3.63, 3.8) is 0 Å². The number of ether oxygens (including phenoxy) is 1. The molecule has 0 spiro atoms. The molecule has 0 saturated carbocycles. The highest BCUT2D eigenvalue weighted by Gasteiger charge is 2.07. The quantitative estimate of drug-likeness (QED) is 0.0821. The van der Waals surface area contributed by atoms with E-state index in [1.54, 1.807) is 0 Å². The highest BCUT2D eigenvalue weighted by Crippen LogP contribution is 2.11. The molecule has 0 aliphatic rings. The Morgan fingerprint density at radius 2 is 0.743 bits per heavy atom. The molecule has 0 aliphatic heterocycles. The number of rotatable bonds is 30. The summed E-state index contributed by atoms with van der Waals surface area (Å²) in [6.45, 7) is 8.13. The Morgan fingerprint density at radius 1 is 0.457 bits per heavy atom. The summed E-state index contributed by atoms with van der Waals surface area (Å²) in [7, 11) is 0. The van der Waals surface area contributed by atoms with Crippen LogP contribution in [0, 0.1) is 0 Å². The molecule has 4 N–H and O–H groups in total. The maximum absolute atomic E-state index is 10.0. The van der Waals surface area contributed by atoms with Crippen LogP contribution in [-0.4, -0.2) is 61.8 Å². The summed E-state index contributed by atoms with van der Waals surface area (Å²) >= 11 is 0. The molecule has 0 saturated heterocycles. The lowest BCUT2D eigenvalue weighted by molar-refractivity contribution is -0.00624. The van der Waals surface area contributed by atoms with Crippen molar-refractivity contribution in [2.24, 2.45) is 0 Å². The molecular formula is C30H64N2O3. The fraction of sp³-hybridized carbons (Fsp3) is 1.00. The van der Waals surface area contributed by atoms with Crippen molar-refractivity contribution >= 4 is 0 Å². The largest absolute Gasteiger partial charge is 0.389 e. The third-order valence-electron chi connectivity index (χ3n) is 6.79. The van der Waals surface area contributed by atoms with Gasteiger partial charge >= 0.3 is 0 Å². The standard InChI is InChI=1S/C30H64N2O3/c1-3-5-7-9-11-13-15-17-19-21-23-31-25-29(33)27-35-28-30(34)26-32-24-22-20-18-16-14-12-10-8-6-4-2/h29-34H,3-28H2,1-2H3. The van der Waals surface area contributed by atoms with Gasteiger partial charge in [-0.2, -0.15) is 0 Å². The summed E-state index contributed by atoms with van der Waals surface area (Å²) in [5, 5.41) is 26.7. The molecule has 0 amide bonds. The summed E-state index contributed by atoms with van der Waals surface area (Å²) in [5.41, 5.74) is 0. The Labute approximate surface area is 219 Å². The van der Waals surface area contributed by atoms with E-state index in [-0.39, 0.29) is 13.2 Å². The first-order valence-electron chi connectivity index (χ1n) is 15.6. The van der Waals surface area contributed by atoms with E-state index in [9.17, 15) is 10.2 Å². The SMILES string of the molecule is CCCCCCCCCCCCNCC(O)COCC(O)CNCCCCCCCCCCCC. The molecule has 2 atom stereocenters. The topological polar surface area (TPSA) is 73.8 Å². The van der Waals surface area contributed by atoms with Gasteiger partial charge < -0.3 is 25.6 Å². The Kier molecular flexibility index (Phi) is 29.9.